The van der Waals surface area contributed by atoms with E-state index in [2.05, 4.69) is 6.58 Å². The number of ether oxygens (including phenoxy) is 1. The molecule has 0 aliphatic heterocycles. The average molecular weight is 186 g/mol. The van der Waals surface area contributed by atoms with Crippen molar-refractivity contribution in [1.82, 2.24) is 4.90 Å². The molecule has 74 valence electrons. The van der Waals surface area contributed by atoms with E-state index in [4.69, 9.17) is 10.5 Å². The second-order valence-corrected chi connectivity index (χ2v) is 2.35. The van der Waals surface area contributed by atoms with Gasteiger partial charge in [-0.1, -0.05) is 12.7 Å². The van der Waals surface area contributed by atoms with Crippen molar-refractivity contribution >= 4 is 12.0 Å². The predicted molar refractivity (Wildman–Crippen MR) is 48.0 cm³/mol. The summed E-state index contributed by atoms with van der Waals surface area (Å²) in [6, 6.07) is 0. The molecular weight excluding hydrogens is 172 g/mol. The fraction of sp³-hybridized carbons (Fsp3) is 0.500. The van der Waals surface area contributed by atoms with Gasteiger partial charge in [0.15, 0.2) is 0 Å². The van der Waals surface area contributed by atoms with Gasteiger partial charge in [-0.3, -0.25) is 9.69 Å². The summed E-state index contributed by atoms with van der Waals surface area (Å²) in [7, 11) is 0. The molecule has 13 heavy (non-hydrogen) atoms. The molecule has 0 rings (SSSR count). The molecule has 5 heteroatoms. The monoisotopic (exact) mass is 186 g/mol. The van der Waals surface area contributed by atoms with E-state index < -0.39 is 12.0 Å². The Kier molecular flexibility index (Phi) is 5.34. The van der Waals surface area contributed by atoms with E-state index in [0.717, 1.165) is 0 Å². The fourth-order valence-corrected chi connectivity index (χ4v) is 0.715. The molecule has 0 bridgehead atoms. The first-order valence-electron chi connectivity index (χ1n) is 3.92. The topological polar surface area (TPSA) is 72.6 Å². The van der Waals surface area contributed by atoms with Crippen molar-refractivity contribution in [3.05, 3.63) is 12.7 Å². The number of carbonyl (C=O) groups is 2. The van der Waals surface area contributed by atoms with E-state index in [0.29, 0.717) is 6.54 Å². The summed E-state index contributed by atoms with van der Waals surface area (Å²) in [4.78, 5) is 22.8. The molecule has 0 unspecified atom stereocenters. The van der Waals surface area contributed by atoms with Gasteiger partial charge in [0.25, 0.3) is 0 Å². The zero-order chi connectivity index (χ0) is 10.3. The second-order valence-electron chi connectivity index (χ2n) is 2.35. The van der Waals surface area contributed by atoms with Crippen molar-refractivity contribution in [2.45, 2.75) is 6.92 Å². The van der Waals surface area contributed by atoms with Gasteiger partial charge in [0.1, 0.15) is 13.2 Å². The fourth-order valence-electron chi connectivity index (χ4n) is 0.715. The highest BCUT2D eigenvalue weighted by Crippen LogP contribution is 1.93. The van der Waals surface area contributed by atoms with Crippen LogP contribution in [0.5, 0.6) is 0 Å². The summed E-state index contributed by atoms with van der Waals surface area (Å²) in [5, 5.41) is 0. The molecule has 0 saturated carbocycles. The Labute approximate surface area is 77.1 Å². The molecule has 0 aliphatic carbocycles. The molecule has 0 aliphatic rings. The minimum Gasteiger partial charge on any atom is -0.445 e. The number of nitrogens with zero attached hydrogens (tertiary/aromatic N) is 1. The lowest BCUT2D eigenvalue weighted by molar-refractivity contribution is -0.118. The lowest BCUT2D eigenvalue weighted by Gasteiger charge is -2.17. The quantitative estimate of drug-likeness (QED) is 0.619. The SMILES string of the molecule is C=CCOC(=O)N(CC)CC(N)=O. The smallest absolute Gasteiger partial charge is 0.410 e. The lowest BCUT2D eigenvalue weighted by Crippen LogP contribution is -2.38. The van der Waals surface area contributed by atoms with E-state index in [1.54, 1.807) is 6.92 Å². The lowest BCUT2D eigenvalue weighted by atomic mass is 10.5. The maximum absolute atomic E-state index is 11.1. The van der Waals surface area contributed by atoms with Gasteiger partial charge in [0, 0.05) is 6.54 Å². The van der Waals surface area contributed by atoms with Crippen LogP contribution in [-0.2, 0) is 9.53 Å². The maximum Gasteiger partial charge on any atom is 0.410 e. The molecule has 2 N–H and O–H groups in total. The van der Waals surface area contributed by atoms with Crippen LogP contribution in [0.2, 0.25) is 0 Å². The van der Waals surface area contributed by atoms with Gasteiger partial charge < -0.3 is 10.5 Å². The number of hydrogen-bond donors (Lipinski definition) is 1. The van der Waals surface area contributed by atoms with Crippen molar-refractivity contribution in [3.8, 4) is 0 Å². The highest BCUT2D eigenvalue weighted by atomic mass is 16.6. The number of primary amides is 1. The highest BCUT2D eigenvalue weighted by molar-refractivity contribution is 5.80. The van der Waals surface area contributed by atoms with Crippen LogP contribution >= 0.6 is 0 Å². The van der Waals surface area contributed by atoms with E-state index >= 15 is 0 Å². The first-order valence-corrected chi connectivity index (χ1v) is 3.92. The highest BCUT2D eigenvalue weighted by Gasteiger charge is 2.13. The molecule has 2 amide bonds. The molecule has 0 heterocycles. The van der Waals surface area contributed by atoms with E-state index in [9.17, 15) is 9.59 Å². The van der Waals surface area contributed by atoms with Crippen LogP contribution in [0.3, 0.4) is 0 Å². The normalized spacial score (nSPS) is 9.00. The van der Waals surface area contributed by atoms with Crippen molar-refractivity contribution < 1.29 is 14.3 Å². The van der Waals surface area contributed by atoms with Crippen LogP contribution in [0.1, 0.15) is 6.92 Å². The first-order chi connectivity index (χ1) is 6.11. The molecule has 0 radical (unpaired) electrons. The van der Waals surface area contributed by atoms with E-state index in [1.807, 2.05) is 0 Å². The van der Waals surface area contributed by atoms with Crippen LogP contribution in [0.25, 0.3) is 0 Å². The van der Waals surface area contributed by atoms with E-state index in [1.165, 1.54) is 11.0 Å². The minimum atomic E-state index is -0.558. The van der Waals surface area contributed by atoms with Gasteiger partial charge in [0.05, 0.1) is 0 Å². The molecule has 0 aromatic carbocycles. The first kappa shape index (κ1) is 11.5. The minimum absolute atomic E-state index is 0.119. The zero-order valence-electron chi connectivity index (χ0n) is 7.66. The third-order valence-corrected chi connectivity index (χ3v) is 1.31. The van der Waals surface area contributed by atoms with Crippen LogP contribution in [0, 0.1) is 0 Å². The summed E-state index contributed by atoms with van der Waals surface area (Å²) in [6.07, 6.45) is 0.900. The second kappa shape index (κ2) is 6.05. The molecule has 0 spiro atoms. The molecule has 0 atom stereocenters. The standard InChI is InChI=1S/C8H14N2O3/c1-3-5-13-8(12)10(4-2)6-7(9)11/h3H,1,4-6H2,2H3,(H2,9,11). The number of nitrogens with two attached hydrogens (primary N) is 1. The van der Waals surface area contributed by atoms with Crippen LogP contribution in [0.4, 0.5) is 4.79 Å². The molecule has 5 nitrogen and oxygen atoms in total. The van der Waals surface area contributed by atoms with Crippen molar-refractivity contribution in [3.63, 3.8) is 0 Å². The Hall–Kier alpha value is -1.52. The van der Waals surface area contributed by atoms with Gasteiger partial charge in [-0.15, -0.1) is 0 Å². The Bertz CT molecular complexity index is 204. The summed E-state index contributed by atoms with van der Waals surface area (Å²) in [5.74, 6) is -0.558. The average Bonchev–Trinajstić information content (AvgIpc) is 2.09. The molecule has 0 aromatic heterocycles. The number of amides is 2. The summed E-state index contributed by atoms with van der Waals surface area (Å²) >= 11 is 0. The molecule has 0 aromatic rings. The van der Waals surface area contributed by atoms with Gasteiger partial charge in [0.2, 0.25) is 5.91 Å². The Morgan fingerprint density at radius 2 is 2.23 bits per heavy atom. The van der Waals surface area contributed by atoms with Crippen LogP contribution < -0.4 is 5.73 Å². The maximum atomic E-state index is 11.1. The molecule has 0 fully saturated rings. The zero-order valence-corrected chi connectivity index (χ0v) is 7.66. The largest absolute Gasteiger partial charge is 0.445 e. The molecular formula is C8H14N2O3. The van der Waals surface area contributed by atoms with Crippen molar-refractivity contribution in [1.29, 1.82) is 0 Å². The molecule has 0 saturated heterocycles. The number of likely N-dealkylation sites (N-methyl/N-ethyl adjacent to an activating group) is 1. The Morgan fingerprint density at radius 1 is 1.62 bits per heavy atom. The van der Waals surface area contributed by atoms with Crippen LogP contribution in [0.15, 0.2) is 12.7 Å². The van der Waals surface area contributed by atoms with Crippen LogP contribution in [-0.4, -0.2) is 36.6 Å². The Balaban J connectivity index is 3.98. The third-order valence-electron chi connectivity index (χ3n) is 1.31. The van der Waals surface area contributed by atoms with Crippen molar-refractivity contribution in [2.24, 2.45) is 5.73 Å². The summed E-state index contributed by atoms with van der Waals surface area (Å²) in [5.41, 5.74) is 4.93. The van der Waals surface area contributed by atoms with Gasteiger partial charge >= 0.3 is 6.09 Å². The van der Waals surface area contributed by atoms with Crippen molar-refractivity contribution in [2.75, 3.05) is 19.7 Å². The number of carbonyl (C=O) groups excluding carboxylic acids is 2. The predicted octanol–water partition coefficient (Wildman–Crippen LogP) is 0.116. The number of rotatable bonds is 5. The third kappa shape index (κ3) is 4.84. The summed E-state index contributed by atoms with van der Waals surface area (Å²) in [6.45, 7) is 5.53. The van der Waals surface area contributed by atoms with Gasteiger partial charge in [-0.05, 0) is 6.92 Å². The number of hydrogen-bond acceptors (Lipinski definition) is 3. The van der Waals surface area contributed by atoms with Gasteiger partial charge in [-0.2, -0.15) is 0 Å². The van der Waals surface area contributed by atoms with Gasteiger partial charge in [-0.25, -0.2) is 4.79 Å². The van der Waals surface area contributed by atoms with E-state index in [-0.39, 0.29) is 13.2 Å². The Morgan fingerprint density at radius 3 is 2.62 bits per heavy atom. The summed E-state index contributed by atoms with van der Waals surface area (Å²) < 4.78 is 4.71.